The molecule has 0 radical (unpaired) electrons. The second kappa shape index (κ2) is 10.4. The Morgan fingerprint density at radius 1 is 1.12 bits per heavy atom. The van der Waals surface area contributed by atoms with Crippen LogP contribution in [0.3, 0.4) is 0 Å². The van der Waals surface area contributed by atoms with E-state index in [1.807, 2.05) is 0 Å². The number of nitrogens with two attached hydrogens (primary N) is 2. The highest BCUT2D eigenvalue weighted by atomic mass is 19.4. The minimum atomic E-state index is -4.23. The van der Waals surface area contributed by atoms with Crippen LogP contribution in [0.1, 0.15) is 68.1 Å². The van der Waals surface area contributed by atoms with Crippen molar-refractivity contribution in [2.24, 2.45) is 17.6 Å². The number of ketones is 1. The number of hydrogen-bond acceptors (Lipinski definition) is 6. The molecule has 7 nitrogen and oxygen atoms in total. The molecule has 0 atom stereocenters. The SMILES string of the molecule is NC(=O)CNc1nc(N2CCC(C(F)(F)F)CC2)c(C(=O)CCC2CCCCC2)cc1N. The Bertz CT molecular complexity index is 817. The van der Waals surface area contributed by atoms with Crippen molar-refractivity contribution in [3.8, 4) is 0 Å². The monoisotopic (exact) mass is 455 g/mol. The summed E-state index contributed by atoms with van der Waals surface area (Å²) in [4.78, 5) is 30.4. The van der Waals surface area contributed by atoms with Crippen molar-refractivity contribution in [2.75, 3.05) is 35.6 Å². The predicted molar refractivity (Wildman–Crippen MR) is 117 cm³/mol. The fraction of sp³-hybridized carbons (Fsp3) is 0.682. The van der Waals surface area contributed by atoms with Gasteiger partial charge >= 0.3 is 6.18 Å². The number of carbonyl (C=O) groups excluding carboxylic acids is 2. The van der Waals surface area contributed by atoms with Crippen molar-refractivity contribution in [1.29, 1.82) is 0 Å². The number of carbonyl (C=O) groups is 2. The summed E-state index contributed by atoms with van der Waals surface area (Å²) in [6.45, 7) is 0.0836. The number of amides is 1. The number of nitrogens with zero attached hydrogens (tertiary/aromatic N) is 2. The fourth-order valence-electron chi connectivity index (χ4n) is 4.64. The summed E-state index contributed by atoms with van der Waals surface area (Å²) in [6.07, 6.45) is 2.66. The highest BCUT2D eigenvalue weighted by molar-refractivity contribution is 6.02. The van der Waals surface area contributed by atoms with Gasteiger partial charge in [-0.15, -0.1) is 0 Å². The molecule has 1 amide bonds. The van der Waals surface area contributed by atoms with Gasteiger partial charge in [-0.2, -0.15) is 13.2 Å². The molecule has 3 rings (SSSR count). The molecule has 0 aromatic carbocycles. The molecule has 2 heterocycles. The van der Waals surface area contributed by atoms with Crippen LogP contribution in [0.25, 0.3) is 0 Å². The van der Waals surface area contributed by atoms with E-state index in [1.165, 1.54) is 25.3 Å². The first-order valence-corrected chi connectivity index (χ1v) is 11.3. The first-order chi connectivity index (χ1) is 15.1. The van der Waals surface area contributed by atoms with Crippen molar-refractivity contribution in [3.63, 3.8) is 0 Å². The topological polar surface area (TPSA) is 114 Å². The summed E-state index contributed by atoms with van der Waals surface area (Å²) >= 11 is 0. The molecule has 2 aliphatic rings. The number of Topliss-reactive ketones (excluding diaryl/α,β-unsaturated/α-hetero) is 1. The third-order valence-electron chi connectivity index (χ3n) is 6.52. The van der Waals surface area contributed by atoms with Gasteiger partial charge in [-0.1, -0.05) is 32.1 Å². The van der Waals surface area contributed by atoms with Gasteiger partial charge in [0, 0.05) is 19.5 Å². The Labute approximate surface area is 186 Å². The molecule has 0 spiro atoms. The van der Waals surface area contributed by atoms with E-state index in [2.05, 4.69) is 10.3 Å². The minimum absolute atomic E-state index is 0.0602. The van der Waals surface area contributed by atoms with Gasteiger partial charge in [0.1, 0.15) is 5.82 Å². The molecule has 1 aliphatic heterocycles. The molecule has 1 saturated carbocycles. The molecule has 178 valence electrons. The summed E-state index contributed by atoms with van der Waals surface area (Å²) in [7, 11) is 0. The average Bonchev–Trinajstić information content (AvgIpc) is 2.76. The quantitative estimate of drug-likeness (QED) is 0.513. The van der Waals surface area contributed by atoms with Gasteiger partial charge in [-0.05, 0) is 31.2 Å². The Morgan fingerprint density at radius 3 is 2.38 bits per heavy atom. The van der Waals surface area contributed by atoms with E-state index >= 15 is 0 Å². The molecule has 1 aliphatic carbocycles. The van der Waals surface area contributed by atoms with Crippen molar-refractivity contribution >= 4 is 29.0 Å². The van der Waals surface area contributed by atoms with Crippen LogP contribution in [-0.2, 0) is 4.79 Å². The first-order valence-electron chi connectivity index (χ1n) is 11.3. The summed E-state index contributed by atoms with van der Waals surface area (Å²) in [6, 6.07) is 1.52. The highest BCUT2D eigenvalue weighted by Crippen LogP contribution is 2.37. The van der Waals surface area contributed by atoms with E-state index in [-0.39, 0.29) is 49.8 Å². The zero-order valence-electron chi connectivity index (χ0n) is 18.2. The maximum Gasteiger partial charge on any atom is 0.391 e. The summed E-state index contributed by atoms with van der Waals surface area (Å²) < 4.78 is 39.3. The van der Waals surface area contributed by atoms with Crippen LogP contribution in [0.5, 0.6) is 0 Å². The lowest BCUT2D eigenvalue weighted by Gasteiger charge is -2.34. The van der Waals surface area contributed by atoms with Gasteiger partial charge < -0.3 is 21.7 Å². The van der Waals surface area contributed by atoms with Crippen molar-refractivity contribution in [1.82, 2.24) is 4.98 Å². The molecule has 2 fully saturated rings. The Morgan fingerprint density at radius 2 is 1.78 bits per heavy atom. The number of halogens is 3. The molecule has 1 aromatic rings. The molecular formula is C22H32F3N5O2. The molecule has 1 aromatic heterocycles. The van der Waals surface area contributed by atoms with Crippen LogP contribution in [-0.4, -0.2) is 42.5 Å². The number of aromatic nitrogens is 1. The fourth-order valence-corrected chi connectivity index (χ4v) is 4.64. The second-order valence-electron chi connectivity index (χ2n) is 8.89. The van der Waals surface area contributed by atoms with Gasteiger partial charge in [-0.3, -0.25) is 9.59 Å². The second-order valence-corrected chi connectivity index (χ2v) is 8.89. The smallest absolute Gasteiger partial charge is 0.391 e. The highest BCUT2D eigenvalue weighted by Gasteiger charge is 2.41. The van der Waals surface area contributed by atoms with Crippen LogP contribution < -0.4 is 21.7 Å². The van der Waals surface area contributed by atoms with Gasteiger partial charge in [0.05, 0.1) is 23.7 Å². The Kier molecular flexibility index (Phi) is 7.84. The molecule has 0 unspecified atom stereocenters. The lowest BCUT2D eigenvalue weighted by atomic mass is 9.85. The average molecular weight is 456 g/mol. The lowest BCUT2D eigenvalue weighted by molar-refractivity contribution is -0.179. The number of alkyl halides is 3. The molecule has 10 heteroatoms. The largest absolute Gasteiger partial charge is 0.396 e. The number of anilines is 3. The van der Waals surface area contributed by atoms with E-state index in [4.69, 9.17) is 11.5 Å². The van der Waals surface area contributed by atoms with E-state index in [0.29, 0.717) is 23.7 Å². The predicted octanol–water partition coefficient (Wildman–Crippen LogP) is 3.88. The van der Waals surface area contributed by atoms with Crippen molar-refractivity contribution in [2.45, 2.75) is 64.0 Å². The van der Waals surface area contributed by atoms with E-state index in [9.17, 15) is 22.8 Å². The molecule has 32 heavy (non-hydrogen) atoms. The van der Waals surface area contributed by atoms with Crippen LogP contribution in [0.2, 0.25) is 0 Å². The summed E-state index contributed by atoms with van der Waals surface area (Å²) in [5.41, 5.74) is 11.8. The van der Waals surface area contributed by atoms with Crippen LogP contribution in [0.15, 0.2) is 6.07 Å². The number of nitrogen functional groups attached to an aromatic ring is 1. The third kappa shape index (κ3) is 6.26. The number of pyridine rings is 1. The normalized spacial score (nSPS) is 18.5. The Balaban J connectivity index is 1.80. The van der Waals surface area contributed by atoms with E-state index in [1.54, 1.807) is 4.90 Å². The number of piperidine rings is 1. The van der Waals surface area contributed by atoms with Gasteiger partial charge in [0.25, 0.3) is 0 Å². The number of rotatable bonds is 8. The number of hydrogen-bond donors (Lipinski definition) is 3. The van der Waals surface area contributed by atoms with E-state index in [0.717, 1.165) is 19.3 Å². The molecule has 5 N–H and O–H groups in total. The van der Waals surface area contributed by atoms with Crippen LogP contribution in [0, 0.1) is 11.8 Å². The standard InChI is InChI=1S/C22H32F3N5O2/c23-22(24,25)15-8-10-30(11-9-15)21-16(12-17(26)20(29-21)28-13-19(27)32)18(31)7-6-14-4-2-1-3-5-14/h12,14-15H,1-11,13,26H2,(H2,27,32)(H,28,29). The molecule has 1 saturated heterocycles. The van der Waals surface area contributed by atoms with E-state index < -0.39 is 18.0 Å². The van der Waals surface area contributed by atoms with Gasteiger partial charge in [0.15, 0.2) is 11.6 Å². The van der Waals surface area contributed by atoms with Crippen LogP contribution >= 0.6 is 0 Å². The molecular weight excluding hydrogens is 423 g/mol. The summed E-state index contributed by atoms with van der Waals surface area (Å²) in [5, 5.41) is 2.75. The molecule has 0 bridgehead atoms. The van der Waals surface area contributed by atoms with Crippen molar-refractivity contribution in [3.05, 3.63) is 11.6 Å². The maximum absolute atomic E-state index is 13.1. The lowest BCUT2D eigenvalue weighted by Crippen LogP contribution is -2.40. The number of nitrogens with one attached hydrogen (secondary N) is 1. The maximum atomic E-state index is 13.1. The van der Waals surface area contributed by atoms with Crippen molar-refractivity contribution < 1.29 is 22.8 Å². The minimum Gasteiger partial charge on any atom is -0.396 e. The van der Waals surface area contributed by atoms with Gasteiger partial charge in [-0.25, -0.2) is 4.98 Å². The summed E-state index contributed by atoms with van der Waals surface area (Å²) in [5.74, 6) is -1.03. The Hall–Kier alpha value is -2.52. The first kappa shape index (κ1) is 24.1. The zero-order chi connectivity index (χ0) is 23.3. The zero-order valence-corrected chi connectivity index (χ0v) is 18.2. The third-order valence-corrected chi connectivity index (χ3v) is 6.52. The van der Waals surface area contributed by atoms with Crippen LogP contribution in [0.4, 0.5) is 30.5 Å². The number of primary amides is 1. The van der Waals surface area contributed by atoms with Gasteiger partial charge in [0.2, 0.25) is 5.91 Å².